The van der Waals surface area contributed by atoms with Crippen LogP contribution in [0.5, 0.6) is 11.8 Å². The summed E-state index contributed by atoms with van der Waals surface area (Å²) in [4.78, 5) is 8.00. The predicted octanol–water partition coefficient (Wildman–Crippen LogP) is 1.25. The van der Waals surface area contributed by atoms with E-state index in [9.17, 15) is 0 Å². The average Bonchev–Trinajstić information content (AvgIpc) is 2.33. The fourth-order valence-electron chi connectivity index (χ4n) is 1.09. The van der Waals surface area contributed by atoms with Crippen LogP contribution in [0.3, 0.4) is 0 Å². The van der Waals surface area contributed by atoms with Gasteiger partial charge in [0.2, 0.25) is 11.8 Å². The third-order valence-corrected chi connectivity index (χ3v) is 1.85. The number of nitrogens with zero attached hydrogens (tertiary/aromatic N) is 2. The van der Waals surface area contributed by atoms with Crippen molar-refractivity contribution in [2.24, 2.45) is 0 Å². The van der Waals surface area contributed by atoms with Crippen LogP contribution in [0.25, 0.3) is 0 Å². The smallest absolute Gasteiger partial charge is 0.220 e. The Labute approximate surface area is 96.2 Å². The van der Waals surface area contributed by atoms with Crippen LogP contribution >= 0.6 is 0 Å². The molecular formula is C11H19N3O2. The van der Waals surface area contributed by atoms with Crippen LogP contribution in [-0.2, 0) is 0 Å². The van der Waals surface area contributed by atoms with Crippen molar-refractivity contribution >= 4 is 0 Å². The topological polar surface area (TPSA) is 56.3 Å². The Kier molecular flexibility index (Phi) is 6.25. The van der Waals surface area contributed by atoms with E-state index >= 15 is 0 Å². The van der Waals surface area contributed by atoms with Gasteiger partial charge >= 0.3 is 0 Å². The predicted molar refractivity (Wildman–Crippen MR) is 61.9 cm³/mol. The van der Waals surface area contributed by atoms with E-state index in [4.69, 9.17) is 9.47 Å². The molecule has 0 saturated heterocycles. The molecule has 90 valence electrons. The maximum absolute atomic E-state index is 5.44. The minimum Gasteiger partial charge on any atom is -0.478 e. The summed E-state index contributed by atoms with van der Waals surface area (Å²) in [7, 11) is 0. The van der Waals surface area contributed by atoms with Gasteiger partial charge in [-0.05, 0) is 13.0 Å². The lowest BCUT2D eigenvalue weighted by atomic mass is 10.5. The third kappa shape index (κ3) is 4.93. The summed E-state index contributed by atoms with van der Waals surface area (Å²) in [5.74, 6) is 1.12. The van der Waals surface area contributed by atoms with Gasteiger partial charge in [0.15, 0.2) is 0 Å². The summed E-state index contributed by atoms with van der Waals surface area (Å²) in [6.07, 6.45) is 2.41. The van der Waals surface area contributed by atoms with E-state index in [1.807, 2.05) is 0 Å². The number of hydrogen-bond donors (Lipinski definition) is 1. The van der Waals surface area contributed by atoms with Crippen molar-refractivity contribution in [1.29, 1.82) is 0 Å². The zero-order valence-corrected chi connectivity index (χ0v) is 9.90. The molecule has 0 saturated carbocycles. The van der Waals surface area contributed by atoms with Crippen molar-refractivity contribution in [2.45, 2.75) is 20.3 Å². The molecule has 1 heterocycles. The maximum atomic E-state index is 5.44. The summed E-state index contributed by atoms with van der Waals surface area (Å²) in [5.41, 5.74) is 0. The molecule has 0 atom stereocenters. The van der Waals surface area contributed by atoms with Crippen molar-refractivity contribution in [3.05, 3.63) is 12.4 Å². The molecule has 0 bridgehead atoms. The Hall–Kier alpha value is -1.36. The normalized spacial score (nSPS) is 10.1. The fraction of sp³-hybridized carbons (Fsp3) is 0.636. The van der Waals surface area contributed by atoms with E-state index in [1.54, 1.807) is 6.07 Å². The Morgan fingerprint density at radius 2 is 1.81 bits per heavy atom. The zero-order valence-electron chi connectivity index (χ0n) is 9.90. The molecule has 0 spiro atoms. The molecular weight excluding hydrogens is 206 g/mol. The van der Waals surface area contributed by atoms with E-state index in [-0.39, 0.29) is 0 Å². The van der Waals surface area contributed by atoms with Gasteiger partial charge in [0.05, 0.1) is 12.7 Å². The minimum atomic E-state index is 0.555. The van der Waals surface area contributed by atoms with E-state index < -0.39 is 0 Å². The van der Waals surface area contributed by atoms with Crippen LogP contribution in [-0.4, -0.2) is 36.3 Å². The highest BCUT2D eigenvalue weighted by Gasteiger charge is 1.99. The van der Waals surface area contributed by atoms with Gasteiger partial charge in [0, 0.05) is 6.54 Å². The Morgan fingerprint density at radius 3 is 2.44 bits per heavy atom. The van der Waals surface area contributed by atoms with Gasteiger partial charge in [-0.2, -0.15) is 0 Å². The van der Waals surface area contributed by atoms with E-state index in [2.05, 4.69) is 29.1 Å². The second-order valence-corrected chi connectivity index (χ2v) is 3.24. The van der Waals surface area contributed by atoms with Crippen LogP contribution in [0.4, 0.5) is 0 Å². The van der Waals surface area contributed by atoms with Crippen LogP contribution < -0.4 is 14.8 Å². The lowest BCUT2D eigenvalue weighted by Crippen LogP contribution is -2.20. The largest absolute Gasteiger partial charge is 0.478 e. The molecule has 5 heteroatoms. The molecule has 16 heavy (non-hydrogen) atoms. The fourth-order valence-corrected chi connectivity index (χ4v) is 1.09. The van der Waals surface area contributed by atoms with Crippen LogP contribution in [0, 0.1) is 0 Å². The van der Waals surface area contributed by atoms with Crippen LogP contribution in [0.15, 0.2) is 12.4 Å². The molecule has 0 amide bonds. The first-order chi connectivity index (χ1) is 7.86. The summed E-state index contributed by atoms with van der Waals surface area (Å²) in [6, 6.07) is 1.71. The van der Waals surface area contributed by atoms with Gasteiger partial charge in [-0.3, -0.25) is 0 Å². The van der Waals surface area contributed by atoms with E-state index in [1.165, 1.54) is 6.33 Å². The first-order valence-corrected chi connectivity index (χ1v) is 5.65. The third-order valence-electron chi connectivity index (χ3n) is 1.85. The summed E-state index contributed by atoms with van der Waals surface area (Å²) in [6.45, 7) is 7.12. The van der Waals surface area contributed by atoms with Crippen molar-refractivity contribution in [3.8, 4) is 11.8 Å². The summed E-state index contributed by atoms with van der Waals surface area (Å²) >= 11 is 0. The summed E-state index contributed by atoms with van der Waals surface area (Å²) < 4.78 is 10.8. The lowest BCUT2D eigenvalue weighted by molar-refractivity contribution is 0.285. The molecule has 1 aromatic rings. The average molecular weight is 225 g/mol. The van der Waals surface area contributed by atoms with Crippen LogP contribution in [0.2, 0.25) is 0 Å². The molecule has 0 unspecified atom stereocenters. The lowest BCUT2D eigenvalue weighted by Gasteiger charge is -2.07. The van der Waals surface area contributed by atoms with Gasteiger partial charge in [-0.15, -0.1) is 0 Å². The monoisotopic (exact) mass is 225 g/mol. The zero-order chi connectivity index (χ0) is 11.6. The quantitative estimate of drug-likeness (QED) is 0.675. The number of hydrogen-bond acceptors (Lipinski definition) is 5. The molecule has 0 radical (unpaired) electrons. The van der Waals surface area contributed by atoms with Crippen molar-refractivity contribution in [1.82, 2.24) is 15.3 Å². The van der Waals surface area contributed by atoms with Gasteiger partial charge < -0.3 is 14.8 Å². The van der Waals surface area contributed by atoms with Crippen molar-refractivity contribution < 1.29 is 9.47 Å². The van der Waals surface area contributed by atoms with Crippen molar-refractivity contribution in [2.75, 3.05) is 26.3 Å². The van der Waals surface area contributed by atoms with Crippen LogP contribution in [0.1, 0.15) is 20.3 Å². The molecule has 1 N–H and O–H groups in total. The maximum Gasteiger partial charge on any atom is 0.220 e. The highest BCUT2D eigenvalue weighted by molar-refractivity contribution is 5.18. The molecule has 0 fully saturated rings. The molecule has 1 aromatic heterocycles. The number of rotatable bonds is 8. The minimum absolute atomic E-state index is 0.555. The number of aromatic nitrogens is 2. The van der Waals surface area contributed by atoms with Crippen molar-refractivity contribution in [3.63, 3.8) is 0 Å². The number of likely N-dealkylation sites (N-methyl/N-ethyl adjacent to an activating group) is 1. The number of ether oxygens (including phenoxy) is 2. The van der Waals surface area contributed by atoms with Gasteiger partial charge in [-0.25, -0.2) is 9.97 Å². The highest BCUT2D eigenvalue weighted by atomic mass is 16.5. The second kappa shape index (κ2) is 7.87. The van der Waals surface area contributed by atoms with Gasteiger partial charge in [0.25, 0.3) is 0 Å². The number of nitrogens with one attached hydrogen (secondary N) is 1. The molecule has 0 aliphatic rings. The SMILES string of the molecule is CCCOc1cc(OCCNCC)ncn1. The van der Waals surface area contributed by atoms with E-state index in [0.717, 1.165) is 19.5 Å². The Bertz CT molecular complexity index is 294. The molecule has 5 nitrogen and oxygen atoms in total. The van der Waals surface area contributed by atoms with Gasteiger partial charge in [-0.1, -0.05) is 13.8 Å². The highest BCUT2D eigenvalue weighted by Crippen LogP contribution is 2.12. The second-order valence-electron chi connectivity index (χ2n) is 3.24. The Balaban J connectivity index is 2.35. The summed E-state index contributed by atoms with van der Waals surface area (Å²) in [5, 5.41) is 3.17. The standard InChI is InChI=1S/C11H19N3O2/c1-3-6-15-10-8-11(14-9-13-10)16-7-5-12-4-2/h8-9,12H,3-7H2,1-2H3. The first kappa shape index (κ1) is 12.7. The molecule has 0 aromatic carbocycles. The van der Waals surface area contributed by atoms with E-state index in [0.29, 0.717) is 25.0 Å². The Morgan fingerprint density at radius 1 is 1.12 bits per heavy atom. The first-order valence-electron chi connectivity index (χ1n) is 5.65. The van der Waals surface area contributed by atoms with Gasteiger partial charge in [0.1, 0.15) is 12.9 Å². The molecule has 0 aliphatic carbocycles. The molecule has 0 aliphatic heterocycles. The molecule has 1 rings (SSSR count).